The van der Waals surface area contributed by atoms with Crippen molar-refractivity contribution in [1.29, 1.82) is 0 Å². The molecular weight excluding hydrogens is 361 g/mol. The molecule has 28 heavy (non-hydrogen) atoms. The predicted molar refractivity (Wildman–Crippen MR) is 105 cm³/mol. The summed E-state index contributed by atoms with van der Waals surface area (Å²) in [5, 5.41) is 11.3. The molecule has 0 aliphatic carbocycles. The molecule has 2 aromatic rings. The highest BCUT2D eigenvalue weighted by molar-refractivity contribution is 5.84. The van der Waals surface area contributed by atoms with Crippen molar-refractivity contribution >= 4 is 17.7 Å². The zero-order chi connectivity index (χ0) is 20.7. The molecule has 0 saturated heterocycles. The molecule has 0 heterocycles. The number of hydrogen-bond acceptors (Lipinski definition) is 3. The molecule has 0 fully saturated rings. The van der Waals surface area contributed by atoms with E-state index in [4.69, 9.17) is 9.84 Å². The molecule has 0 spiro atoms. The van der Waals surface area contributed by atoms with E-state index in [9.17, 15) is 14.0 Å². The number of benzene rings is 2. The summed E-state index contributed by atoms with van der Waals surface area (Å²) in [6.07, 6.45) is -0.323. The number of aryl methyl sites for hydroxylation is 1. The molecule has 0 unspecified atom stereocenters. The summed E-state index contributed by atoms with van der Waals surface area (Å²) in [6, 6.07) is 11.3. The van der Waals surface area contributed by atoms with Gasteiger partial charge in [-0.1, -0.05) is 17.9 Å². The minimum Gasteiger partial charge on any atom is -0.481 e. The van der Waals surface area contributed by atoms with Crippen LogP contribution in [0.25, 0.3) is 0 Å². The lowest BCUT2D eigenvalue weighted by molar-refractivity contribution is -0.136. The standard InChI is InChI=1S/C22H22FNO4/c1-22(2,3)28-21(27)24-18-11-6-15(7-12-18)4-9-17-10-5-16(14-19(17)23)8-13-20(25)26/h5-7,10-12,14H,8,13H2,1-3H3,(H,24,27)(H,25,26). The van der Waals surface area contributed by atoms with Crippen LogP contribution < -0.4 is 5.32 Å². The van der Waals surface area contributed by atoms with Crippen molar-refractivity contribution in [2.45, 2.75) is 39.2 Å². The normalized spacial score (nSPS) is 10.6. The zero-order valence-electron chi connectivity index (χ0n) is 16.0. The van der Waals surface area contributed by atoms with E-state index in [1.165, 1.54) is 12.1 Å². The van der Waals surface area contributed by atoms with Crippen molar-refractivity contribution < 1.29 is 23.8 Å². The fraction of sp³-hybridized carbons (Fsp3) is 0.273. The topological polar surface area (TPSA) is 75.6 Å². The summed E-state index contributed by atoms with van der Waals surface area (Å²) in [7, 11) is 0. The van der Waals surface area contributed by atoms with Gasteiger partial charge in [0.2, 0.25) is 0 Å². The number of anilines is 1. The van der Waals surface area contributed by atoms with Gasteiger partial charge in [-0.3, -0.25) is 10.1 Å². The average molecular weight is 383 g/mol. The molecule has 2 rings (SSSR count). The highest BCUT2D eigenvalue weighted by atomic mass is 19.1. The van der Waals surface area contributed by atoms with Crippen LogP contribution in [0.1, 0.15) is 43.9 Å². The van der Waals surface area contributed by atoms with Crippen molar-refractivity contribution in [1.82, 2.24) is 0 Å². The van der Waals surface area contributed by atoms with Gasteiger partial charge < -0.3 is 9.84 Å². The third kappa shape index (κ3) is 7.12. The predicted octanol–water partition coefficient (Wildman–Crippen LogP) is 4.59. The van der Waals surface area contributed by atoms with E-state index in [-0.39, 0.29) is 18.4 Å². The lowest BCUT2D eigenvalue weighted by Crippen LogP contribution is -2.27. The quantitative estimate of drug-likeness (QED) is 0.757. The molecular formula is C22H22FNO4. The second-order valence-corrected chi connectivity index (χ2v) is 7.16. The van der Waals surface area contributed by atoms with Crippen molar-refractivity contribution in [3.8, 4) is 11.8 Å². The van der Waals surface area contributed by atoms with Crippen LogP contribution in [0.15, 0.2) is 42.5 Å². The number of hydrogen-bond donors (Lipinski definition) is 2. The SMILES string of the molecule is CC(C)(C)OC(=O)Nc1ccc(C#Cc2ccc(CCC(=O)O)cc2F)cc1. The Hall–Kier alpha value is -3.33. The number of rotatable bonds is 4. The van der Waals surface area contributed by atoms with E-state index in [2.05, 4.69) is 17.2 Å². The summed E-state index contributed by atoms with van der Waals surface area (Å²) < 4.78 is 19.3. The van der Waals surface area contributed by atoms with E-state index in [0.717, 1.165) is 0 Å². The first-order chi connectivity index (χ1) is 13.1. The Bertz CT molecular complexity index is 918. The Morgan fingerprint density at radius 3 is 2.36 bits per heavy atom. The van der Waals surface area contributed by atoms with Gasteiger partial charge in [0.05, 0.1) is 5.56 Å². The van der Waals surface area contributed by atoms with Crippen LogP contribution in [0.4, 0.5) is 14.9 Å². The molecule has 0 aromatic heterocycles. The molecule has 1 amide bonds. The van der Waals surface area contributed by atoms with Crippen molar-refractivity contribution in [2.24, 2.45) is 0 Å². The number of aliphatic carboxylic acids is 1. The third-order valence-corrected chi connectivity index (χ3v) is 3.53. The Morgan fingerprint density at radius 1 is 1.11 bits per heavy atom. The number of carbonyl (C=O) groups is 2. The third-order valence-electron chi connectivity index (χ3n) is 3.53. The molecule has 6 heteroatoms. The minimum atomic E-state index is -0.922. The summed E-state index contributed by atoms with van der Waals surface area (Å²) >= 11 is 0. The lowest BCUT2D eigenvalue weighted by Gasteiger charge is -2.19. The smallest absolute Gasteiger partial charge is 0.412 e. The van der Waals surface area contributed by atoms with Gasteiger partial charge in [-0.05, 0) is 69.2 Å². The Kier molecular flexibility index (Phi) is 6.78. The largest absolute Gasteiger partial charge is 0.481 e. The first-order valence-corrected chi connectivity index (χ1v) is 8.75. The fourth-order valence-corrected chi connectivity index (χ4v) is 2.26. The minimum absolute atomic E-state index is 0.0475. The van der Waals surface area contributed by atoms with Crippen molar-refractivity contribution in [3.63, 3.8) is 0 Å². The molecule has 0 aliphatic heterocycles. The number of carboxylic acids is 1. The van der Waals surface area contributed by atoms with Gasteiger partial charge in [-0.2, -0.15) is 0 Å². The molecule has 5 nitrogen and oxygen atoms in total. The number of carboxylic acid groups (broad SMARTS) is 1. The lowest BCUT2D eigenvalue weighted by atomic mass is 10.1. The number of halogens is 1. The van der Waals surface area contributed by atoms with Crippen LogP contribution >= 0.6 is 0 Å². The summed E-state index contributed by atoms with van der Waals surface area (Å²) in [5.74, 6) is 4.21. The van der Waals surface area contributed by atoms with Gasteiger partial charge in [0.15, 0.2) is 0 Å². The fourth-order valence-electron chi connectivity index (χ4n) is 2.26. The highest BCUT2D eigenvalue weighted by Gasteiger charge is 2.16. The zero-order valence-corrected chi connectivity index (χ0v) is 16.0. The van der Waals surface area contributed by atoms with Crippen LogP contribution in [0, 0.1) is 17.7 Å². The second-order valence-electron chi connectivity index (χ2n) is 7.16. The van der Waals surface area contributed by atoms with Crippen LogP contribution in [-0.2, 0) is 16.0 Å². The molecule has 0 radical (unpaired) electrons. The van der Waals surface area contributed by atoms with Gasteiger partial charge >= 0.3 is 12.1 Å². The van der Waals surface area contributed by atoms with Gasteiger partial charge in [0.1, 0.15) is 11.4 Å². The van der Waals surface area contributed by atoms with Gasteiger partial charge in [-0.15, -0.1) is 0 Å². The Balaban J connectivity index is 2.02. The second kappa shape index (κ2) is 9.05. The molecule has 0 saturated carbocycles. The van der Waals surface area contributed by atoms with E-state index in [0.29, 0.717) is 16.8 Å². The van der Waals surface area contributed by atoms with E-state index in [1.807, 2.05) is 0 Å². The van der Waals surface area contributed by atoms with Gasteiger partial charge in [-0.25, -0.2) is 9.18 Å². The summed E-state index contributed by atoms with van der Waals surface area (Å²) in [6.45, 7) is 5.34. The van der Waals surface area contributed by atoms with E-state index < -0.39 is 23.5 Å². The monoisotopic (exact) mass is 383 g/mol. The molecule has 0 aliphatic rings. The summed E-state index contributed by atoms with van der Waals surface area (Å²) in [5.41, 5.74) is 1.49. The average Bonchev–Trinajstić information content (AvgIpc) is 2.58. The van der Waals surface area contributed by atoms with Crippen molar-refractivity contribution in [3.05, 3.63) is 65.0 Å². The van der Waals surface area contributed by atoms with Crippen LogP contribution in [-0.4, -0.2) is 22.8 Å². The van der Waals surface area contributed by atoms with E-state index in [1.54, 1.807) is 51.1 Å². The summed E-state index contributed by atoms with van der Waals surface area (Å²) in [4.78, 5) is 22.3. The van der Waals surface area contributed by atoms with Crippen LogP contribution in [0.2, 0.25) is 0 Å². The Labute approximate surface area is 163 Å². The van der Waals surface area contributed by atoms with E-state index >= 15 is 0 Å². The van der Waals surface area contributed by atoms with Crippen molar-refractivity contribution in [2.75, 3.05) is 5.32 Å². The first-order valence-electron chi connectivity index (χ1n) is 8.75. The maximum absolute atomic E-state index is 14.1. The Morgan fingerprint density at radius 2 is 1.79 bits per heavy atom. The number of carbonyl (C=O) groups excluding carboxylic acids is 1. The van der Waals surface area contributed by atoms with Crippen LogP contribution in [0.5, 0.6) is 0 Å². The maximum atomic E-state index is 14.1. The molecule has 146 valence electrons. The molecule has 0 atom stereocenters. The highest BCUT2D eigenvalue weighted by Crippen LogP contribution is 2.14. The number of nitrogens with one attached hydrogen (secondary N) is 1. The molecule has 2 N–H and O–H groups in total. The maximum Gasteiger partial charge on any atom is 0.412 e. The van der Waals surface area contributed by atoms with Gasteiger partial charge in [0.25, 0.3) is 0 Å². The van der Waals surface area contributed by atoms with Crippen LogP contribution in [0.3, 0.4) is 0 Å². The number of amides is 1. The first kappa shape index (κ1) is 21.0. The molecule has 0 bridgehead atoms. The molecule has 2 aromatic carbocycles. The van der Waals surface area contributed by atoms with Gasteiger partial charge in [0, 0.05) is 17.7 Å². The number of ether oxygens (including phenoxy) is 1.